The normalized spacial score (nSPS) is 23.0. The molecule has 0 radical (unpaired) electrons. The second-order valence-corrected chi connectivity index (χ2v) is 4.44. The first-order valence-electron chi connectivity index (χ1n) is 4.66. The summed E-state index contributed by atoms with van der Waals surface area (Å²) in [5.41, 5.74) is -0.945. The maximum atomic E-state index is 13.3. The Labute approximate surface area is 91.2 Å². The SMILES string of the molecule is CN1C(F)=C(F)C(OC(C)(C)C)=C(F)C1F. The van der Waals surface area contributed by atoms with E-state index in [2.05, 4.69) is 0 Å². The fourth-order valence-corrected chi connectivity index (χ4v) is 1.13. The van der Waals surface area contributed by atoms with E-state index in [1.54, 1.807) is 0 Å². The average Bonchev–Trinajstić information content (AvgIpc) is 2.17. The highest BCUT2D eigenvalue weighted by atomic mass is 19.2. The predicted molar refractivity (Wildman–Crippen MR) is 50.9 cm³/mol. The van der Waals surface area contributed by atoms with Gasteiger partial charge in [-0.3, -0.25) is 0 Å². The van der Waals surface area contributed by atoms with Gasteiger partial charge in [-0.2, -0.15) is 8.78 Å². The zero-order valence-electron chi connectivity index (χ0n) is 9.44. The lowest BCUT2D eigenvalue weighted by Crippen LogP contribution is -2.33. The van der Waals surface area contributed by atoms with Gasteiger partial charge in [0.15, 0.2) is 11.6 Å². The molecule has 0 saturated carbocycles. The number of alkyl halides is 1. The van der Waals surface area contributed by atoms with Crippen LogP contribution in [0.4, 0.5) is 17.6 Å². The molecule has 1 atom stereocenters. The Morgan fingerprint density at radius 3 is 2.12 bits per heavy atom. The number of hydrogen-bond acceptors (Lipinski definition) is 2. The van der Waals surface area contributed by atoms with Crippen LogP contribution in [0.25, 0.3) is 0 Å². The van der Waals surface area contributed by atoms with Crippen LogP contribution in [-0.2, 0) is 4.74 Å². The number of ether oxygens (including phenoxy) is 1. The van der Waals surface area contributed by atoms with Gasteiger partial charge in [0, 0.05) is 7.05 Å². The molecule has 0 bridgehead atoms. The van der Waals surface area contributed by atoms with E-state index in [1.165, 1.54) is 20.8 Å². The highest BCUT2D eigenvalue weighted by Crippen LogP contribution is 2.36. The van der Waals surface area contributed by atoms with Gasteiger partial charge in [0.25, 0.3) is 0 Å². The van der Waals surface area contributed by atoms with Crippen molar-refractivity contribution in [3.63, 3.8) is 0 Å². The van der Waals surface area contributed by atoms with Crippen molar-refractivity contribution in [2.45, 2.75) is 32.7 Å². The summed E-state index contributed by atoms with van der Waals surface area (Å²) in [5.74, 6) is -5.47. The van der Waals surface area contributed by atoms with Crippen LogP contribution in [0.3, 0.4) is 0 Å². The first-order chi connectivity index (χ1) is 7.15. The summed E-state index contributed by atoms with van der Waals surface area (Å²) in [6.45, 7) is 4.55. The molecule has 1 aliphatic rings. The molecule has 0 aromatic rings. The summed E-state index contributed by atoms with van der Waals surface area (Å²) in [4.78, 5) is 0.222. The maximum absolute atomic E-state index is 13.3. The second-order valence-electron chi connectivity index (χ2n) is 4.44. The molecule has 1 unspecified atom stereocenters. The minimum Gasteiger partial charge on any atom is -0.482 e. The van der Waals surface area contributed by atoms with E-state index >= 15 is 0 Å². The van der Waals surface area contributed by atoms with Crippen LogP contribution in [0.1, 0.15) is 20.8 Å². The molecule has 0 aromatic carbocycles. The van der Waals surface area contributed by atoms with Crippen LogP contribution in [0, 0.1) is 0 Å². The van der Waals surface area contributed by atoms with Crippen molar-refractivity contribution in [1.82, 2.24) is 4.90 Å². The standard InChI is InChI=1S/C10H13F4NO/c1-10(2,3)16-7-5(11)8(13)15(4)9(14)6(7)12/h8H,1-4H3. The first-order valence-corrected chi connectivity index (χ1v) is 4.66. The molecule has 2 nitrogen and oxygen atoms in total. The average molecular weight is 239 g/mol. The number of halogens is 4. The quantitative estimate of drug-likeness (QED) is 0.514. The van der Waals surface area contributed by atoms with Crippen molar-refractivity contribution in [3.05, 3.63) is 23.4 Å². The van der Waals surface area contributed by atoms with Crippen molar-refractivity contribution in [1.29, 1.82) is 0 Å². The molecule has 1 rings (SSSR count). The number of hydrogen-bond donors (Lipinski definition) is 0. The van der Waals surface area contributed by atoms with E-state index in [0.717, 1.165) is 7.05 Å². The van der Waals surface area contributed by atoms with E-state index in [1.807, 2.05) is 0 Å². The van der Waals surface area contributed by atoms with Crippen LogP contribution in [0.5, 0.6) is 0 Å². The smallest absolute Gasteiger partial charge is 0.232 e. The minimum absolute atomic E-state index is 0.222. The molecule has 0 saturated heterocycles. The Hall–Kier alpha value is -1.20. The van der Waals surface area contributed by atoms with Crippen molar-refractivity contribution in [2.24, 2.45) is 0 Å². The Bertz CT molecular complexity index is 356. The number of likely N-dealkylation sites (N-methyl/N-ethyl adjacent to an activating group) is 1. The van der Waals surface area contributed by atoms with Crippen LogP contribution >= 0.6 is 0 Å². The fourth-order valence-electron chi connectivity index (χ4n) is 1.13. The van der Waals surface area contributed by atoms with Gasteiger partial charge in [-0.1, -0.05) is 0 Å². The van der Waals surface area contributed by atoms with Gasteiger partial charge >= 0.3 is 0 Å². The van der Waals surface area contributed by atoms with Gasteiger partial charge in [-0.15, -0.1) is 0 Å². The van der Waals surface area contributed by atoms with Gasteiger partial charge in [0.2, 0.25) is 18.1 Å². The molecule has 0 N–H and O–H groups in total. The highest BCUT2D eigenvalue weighted by Gasteiger charge is 2.37. The van der Waals surface area contributed by atoms with Crippen LogP contribution in [0.2, 0.25) is 0 Å². The van der Waals surface area contributed by atoms with Crippen molar-refractivity contribution >= 4 is 0 Å². The van der Waals surface area contributed by atoms with Gasteiger partial charge < -0.3 is 9.64 Å². The van der Waals surface area contributed by atoms with E-state index in [-0.39, 0.29) is 4.90 Å². The van der Waals surface area contributed by atoms with Gasteiger partial charge in [-0.25, -0.2) is 8.78 Å². The molecule has 0 fully saturated rings. The lowest BCUT2D eigenvalue weighted by molar-refractivity contribution is 0.0226. The summed E-state index contributed by atoms with van der Waals surface area (Å²) in [7, 11) is 0.910. The predicted octanol–water partition coefficient (Wildman–Crippen LogP) is 3.33. The lowest BCUT2D eigenvalue weighted by atomic mass is 10.2. The summed E-state index contributed by atoms with van der Waals surface area (Å²) in [6, 6.07) is 0. The van der Waals surface area contributed by atoms with Gasteiger partial charge in [-0.05, 0) is 20.8 Å². The Morgan fingerprint density at radius 1 is 1.19 bits per heavy atom. The topological polar surface area (TPSA) is 12.5 Å². The maximum Gasteiger partial charge on any atom is 0.232 e. The first kappa shape index (κ1) is 12.9. The summed E-state index contributed by atoms with van der Waals surface area (Å²) >= 11 is 0. The molecule has 16 heavy (non-hydrogen) atoms. The van der Waals surface area contributed by atoms with E-state index in [9.17, 15) is 17.6 Å². The third-order valence-corrected chi connectivity index (χ3v) is 1.86. The Kier molecular flexibility index (Phi) is 3.21. The monoisotopic (exact) mass is 239 g/mol. The van der Waals surface area contributed by atoms with E-state index in [4.69, 9.17) is 4.74 Å². The molecular formula is C10H13F4NO. The molecule has 1 aliphatic heterocycles. The van der Waals surface area contributed by atoms with Crippen LogP contribution < -0.4 is 0 Å². The molecular weight excluding hydrogens is 226 g/mol. The van der Waals surface area contributed by atoms with E-state index in [0.29, 0.717) is 0 Å². The number of nitrogens with zero attached hydrogens (tertiary/aromatic N) is 1. The van der Waals surface area contributed by atoms with Gasteiger partial charge in [0.1, 0.15) is 5.60 Å². The summed E-state index contributed by atoms with van der Waals surface area (Å²) < 4.78 is 57.8. The second kappa shape index (κ2) is 3.99. The largest absolute Gasteiger partial charge is 0.482 e. The van der Waals surface area contributed by atoms with E-state index < -0.39 is 35.3 Å². The third kappa shape index (κ3) is 2.31. The molecule has 0 spiro atoms. The highest BCUT2D eigenvalue weighted by molar-refractivity contribution is 5.31. The minimum atomic E-state index is -2.36. The molecule has 0 aromatic heterocycles. The third-order valence-electron chi connectivity index (χ3n) is 1.86. The Balaban J connectivity index is 3.15. The number of allylic oxidation sites excluding steroid dienone is 1. The fraction of sp³-hybridized carbons (Fsp3) is 0.600. The molecule has 0 amide bonds. The zero-order chi connectivity index (χ0) is 12.7. The van der Waals surface area contributed by atoms with Crippen LogP contribution in [0.15, 0.2) is 23.4 Å². The zero-order valence-corrected chi connectivity index (χ0v) is 9.44. The Morgan fingerprint density at radius 2 is 1.69 bits per heavy atom. The number of rotatable bonds is 1. The molecule has 1 heterocycles. The van der Waals surface area contributed by atoms with Crippen molar-refractivity contribution in [2.75, 3.05) is 7.05 Å². The van der Waals surface area contributed by atoms with Crippen molar-refractivity contribution < 1.29 is 22.3 Å². The summed E-state index contributed by atoms with van der Waals surface area (Å²) in [5, 5.41) is 0. The van der Waals surface area contributed by atoms with Gasteiger partial charge in [0.05, 0.1) is 0 Å². The molecule has 6 heteroatoms. The summed E-state index contributed by atoms with van der Waals surface area (Å²) in [6.07, 6.45) is -2.36. The lowest BCUT2D eigenvalue weighted by Gasteiger charge is -2.30. The van der Waals surface area contributed by atoms with Crippen molar-refractivity contribution in [3.8, 4) is 0 Å². The van der Waals surface area contributed by atoms with Crippen LogP contribution in [-0.4, -0.2) is 23.8 Å². The molecule has 0 aliphatic carbocycles. The molecule has 92 valence electrons.